The van der Waals surface area contributed by atoms with E-state index < -0.39 is 5.41 Å². The van der Waals surface area contributed by atoms with Gasteiger partial charge >= 0.3 is 0 Å². The summed E-state index contributed by atoms with van der Waals surface area (Å²) in [7, 11) is 0. The number of Topliss-reactive ketones (excluding diaryl/α,β-unsaturated/α-hetero) is 1. The summed E-state index contributed by atoms with van der Waals surface area (Å²) in [6.07, 6.45) is 0.609. The minimum Gasteiger partial charge on any atom is -0.302 e. The Morgan fingerprint density at radius 3 is 2.22 bits per heavy atom. The van der Waals surface area contributed by atoms with Gasteiger partial charge < -0.3 is 4.79 Å². The Morgan fingerprint density at radius 2 is 2.11 bits per heavy atom. The highest BCUT2D eigenvalue weighted by Gasteiger charge is 2.24. The average Bonchev–Trinajstić information content (AvgIpc) is 1.86. The number of carbonyl (C=O) groups is 2. The van der Waals surface area contributed by atoms with E-state index in [-0.39, 0.29) is 11.7 Å². The molecule has 0 saturated heterocycles. The molecule has 52 valence electrons. The van der Waals surface area contributed by atoms with Gasteiger partial charge in [-0.3, -0.25) is 4.79 Å². The van der Waals surface area contributed by atoms with Crippen molar-refractivity contribution in [1.82, 2.24) is 0 Å². The molecule has 0 spiro atoms. The number of halogens is 1. The zero-order chi connectivity index (χ0) is 7.49. The molecule has 0 aromatic rings. The Bertz CT molecular complexity index is 129. The summed E-state index contributed by atoms with van der Waals surface area (Å²) in [4.78, 5) is 20.8. The molecule has 9 heavy (non-hydrogen) atoms. The van der Waals surface area contributed by atoms with Crippen LogP contribution in [0.4, 0.5) is 0 Å². The maximum Gasteiger partial charge on any atom is 0.160 e. The number of aldehydes is 1. The van der Waals surface area contributed by atoms with Crippen molar-refractivity contribution in [2.24, 2.45) is 5.41 Å². The molecule has 0 aliphatic carbocycles. The summed E-state index contributed by atoms with van der Waals surface area (Å²) in [5.74, 6) is -0.328. The highest BCUT2D eigenvalue weighted by Crippen LogP contribution is 2.12. The third-order valence-electron chi connectivity index (χ3n) is 1.13. The predicted molar refractivity (Wildman–Crippen MR) is 35.6 cm³/mol. The van der Waals surface area contributed by atoms with Gasteiger partial charge in [0.2, 0.25) is 0 Å². The molecule has 0 amide bonds. The van der Waals surface area contributed by atoms with Crippen LogP contribution in [0.25, 0.3) is 0 Å². The van der Waals surface area contributed by atoms with E-state index in [4.69, 9.17) is 11.6 Å². The van der Waals surface area contributed by atoms with Crippen LogP contribution in [0.3, 0.4) is 0 Å². The molecular weight excluding hydrogens is 140 g/mol. The molecule has 0 fully saturated rings. The molecular formula is C6H9ClO2. The number of rotatable bonds is 3. The summed E-state index contributed by atoms with van der Waals surface area (Å²) in [6.45, 7) is 3.09. The first-order valence-electron chi connectivity index (χ1n) is 2.60. The Kier molecular flexibility index (Phi) is 2.85. The second-order valence-electron chi connectivity index (χ2n) is 2.40. The lowest BCUT2D eigenvalue weighted by molar-refractivity contribution is -0.130. The molecule has 0 rings (SSSR count). The monoisotopic (exact) mass is 148 g/mol. The van der Waals surface area contributed by atoms with Crippen LogP contribution in [-0.2, 0) is 9.59 Å². The van der Waals surface area contributed by atoms with Gasteiger partial charge in [-0.2, -0.15) is 0 Å². The first-order valence-corrected chi connectivity index (χ1v) is 3.13. The lowest BCUT2D eigenvalue weighted by atomic mass is 9.91. The SMILES string of the molecule is CC(C)(C=O)C(=O)CCl. The summed E-state index contributed by atoms with van der Waals surface area (Å²) in [6, 6.07) is 0. The van der Waals surface area contributed by atoms with Gasteiger partial charge in [0.1, 0.15) is 6.29 Å². The van der Waals surface area contributed by atoms with E-state index in [1.54, 1.807) is 13.8 Å². The normalized spacial score (nSPS) is 11.0. The minimum atomic E-state index is -0.901. The molecule has 0 radical (unpaired) electrons. The van der Waals surface area contributed by atoms with E-state index in [2.05, 4.69) is 0 Å². The Morgan fingerprint density at radius 1 is 1.67 bits per heavy atom. The largest absolute Gasteiger partial charge is 0.302 e. The van der Waals surface area contributed by atoms with Crippen LogP contribution < -0.4 is 0 Å². The van der Waals surface area contributed by atoms with Crippen LogP contribution >= 0.6 is 11.6 Å². The van der Waals surface area contributed by atoms with E-state index in [9.17, 15) is 9.59 Å². The number of alkyl halides is 1. The van der Waals surface area contributed by atoms with E-state index in [0.29, 0.717) is 6.29 Å². The lowest BCUT2D eigenvalue weighted by Crippen LogP contribution is -2.26. The van der Waals surface area contributed by atoms with E-state index in [1.807, 2.05) is 0 Å². The standard InChI is InChI=1S/C6H9ClO2/c1-6(2,4-8)5(9)3-7/h4H,3H2,1-2H3. The van der Waals surface area contributed by atoms with Crippen LogP contribution in [0.2, 0.25) is 0 Å². The van der Waals surface area contributed by atoms with Crippen molar-refractivity contribution in [2.75, 3.05) is 5.88 Å². The number of carbonyl (C=O) groups excluding carboxylic acids is 2. The van der Waals surface area contributed by atoms with Gasteiger partial charge in [0.25, 0.3) is 0 Å². The first kappa shape index (κ1) is 8.63. The Labute approximate surface area is 59.2 Å². The van der Waals surface area contributed by atoms with Gasteiger partial charge in [-0.25, -0.2) is 0 Å². The summed E-state index contributed by atoms with van der Waals surface area (Å²) >= 11 is 5.21. The maximum atomic E-state index is 10.7. The van der Waals surface area contributed by atoms with Crippen molar-refractivity contribution >= 4 is 23.7 Å². The number of hydrogen-bond donors (Lipinski definition) is 0. The highest BCUT2D eigenvalue weighted by atomic mass is 35.5. The van der Waals surface area contributed by atoms with Crippen molar-refractivity contribution in [2.45, 2.75) is 13.8 Å². The number of ketones is 1. The zero-order valence-electron chi connectivity index (χ0n) is 5.48. The molecule has 0 aromatic carbocycles. The maximum absolute atomic E-state index is 10.7. The van der Waals surface area contributed by atoms with Crippen LogP contribution in [0.5, 0.6) is 0 Å². The summed E-state index contributed by atoms with van der Waals surface area (Å²) in [5, 5.41) is 0. The van der Waals surface area contributed by atoms with Crippen LogP contribution in [0.1, 0.15) is 13.8 Å². The van der Waals surface area contributed by atoms with Gasteiger partial charge in [0.15, 0.2) is 5.78 Å². The second-order valence-corrected chi connectivity index (χ2v) is 2.66. The quantitative estimate of drug-likeness (QED) is 0.340. The molecule has 0 aliphatic rings. The fourth-order valence-electron chi connectivity index (χ4n) is 0.238. The zero-order valence-corrected chi connectivity index (χ0v) is 6.23. The van der Waals surface area contributed by atoms with Crippen LogP contribution in [0.15, 0.2) is 0 Å². The third kappa shape index (κ3) is 2.14. The molecule has 0 bridgehead atoms. The van der Waals surface area contributed by atoms with Gasteiger partial charge in [-0.15, -0.1) is 11.6 Å². The molecule has 0 aromatic heterocycles. The van der Waals surface area contributed by atoms with Crippen molar-refractivity contribution in [3.8, 4) is 0 Å². The first-order chi connectivity index (χ1) is 4.04. The molecule has 2 nitrogen and oxygen atoms in total. The van der Waals surface area contributed by atoms with Gasteiger partial charge in [-0.05, 0) is 13.8 Å². The van der Waals surface area contributed by atoms with Crippen molar-refractivity contribution in [3.05, 3.63) is 0 Å². The van der Waals surface area contributed by atoms with Crippen LogP contribution in [0, 0.1) is 5.41 Å². The van der Waals surface area contributed by atoms with Gasteiger partial charge in [0, 0.05) is 0 Å². The highest BCUT2D eigenvalue weighted by molar-refractivity contribution is 6.29. The van der Waals surface area contributed by atoms with E-state index in [1.165, 1.54) is 0 Å². The predicted octanol–water partition coefficient (Wildman–Crippen LogP) is 1.02. The van der Waals surface area contributed by atoms with Crippen molar-refractivity contribution < 1.29 is 9.59 Å². The average molecular weight is 149 g/mol. The topological polar surface area (TPSA) is 34.1 Å². The molecule has 0 saturated carbocycles. The molecule has 0 heterocycles. The lowest BCUT2D eigenvalue weighted by Gasteiger charge is -2.11. The van der Waals surface area contributed by atoms with Crippen LogP contribution in [-0.4, -0.2) is 17.9 Å². The summed E-state index contributed by atoms with van der Waals surface area (Å²) < 4.78 is 0. The fourth-order valence-corrected chi connectivity index (χ4v) is 0.582. The minimum absolute atomic E-state index is 0.0915. The van der Waals surface area contributed by atoms with Gasteiger partial charge in [-0.1, -0.05) is 0 Å². The molecule has 0 N–H and O–H groups in total. The summed E-state index contributed by atoms with van der Waals surface area (Å²) in [5.41, 5.74) is -0.901. The fraction of sp³-hybridized carbons (Fsp3) is 0.667. The molecule has 3 heteroatoms. The molecule has 0 aliphatic heterocycles. The smallest absolute Gasteiger partial charge is 0.160 e. The Balaban J connectivity index is 4.14. The molecule has 0 atom stereocenters. The Hall–Kier alpha value is -0.370. The van der Waals surface area contributed by atoms with E-state index in [0.717, 1.165) is 0 Å². The van der Waals surface area contributed by atoms with Crippen molar-refractivity contribution in [3.63, 3.8) is 0 Å². The number of hydrogen-bond acceptors (Lipinski definition) is 2. The molecule has 0 unspecified atom stereocenters. The second kappa shape index (κ2) is 2.97. The van der Waals surface area contributed by atoms with E-state index >= 15 is 0 Å². The third-order valence-corrected chi connectivity index (χ3v) is 1.38. The van der Waals surface area contributed by atoms with Crippen molar-refractivity contribution in [1.29, 1.82) is 0 Å². The van der Waals surface area contributed by atoms with Gasteiger partial charge in [0.05, 0.1) is 11.3 Å².